The molecule has 0 fully saturated rings. The zero-order valence-electron chi connectivity index (χ0n) is 8.21. The first-order valence-corrected chi connectivity index (χ1v) is 4.80. The van der Waals surface area contributed by atoms with Crippen molar-refractivity contribution in [3.05, 3.63) is 29.3 Å². The summed E-state index contributed by atoms with van der Waals surface area (Å²) in [6.07, 6.45) is -4.89. The summed E-state index contributed by atoms with van der Waals surface area (Å²) >= 11 is 5.28. The normalized spacial score (nSPS) is 10.8. The van der Waals surface area contributed by atoms with Crippen LogP contribution in [0.1, 0.15) is 15.9 Å². The third-order valence-electron chi connectivity index (χ3n) is 1.77. The lowest BCUT2D eigenvalue weighted by atomic mass is 10.1. The van der Waals surface area contributed by atoms with Gasteiger partial charge in [0.25, 0.3) is 0 Å². The van der Waals surface area contributed by atoms with Crippen LogP contribution < -0.4 is 4.74 Å². The van der Waals surface area contributed by atoms with Crippen molar-refractivity contribution < 1.29 is 22.7 Å². The fourth-order valence-electron chi connectivity index (χ4n) is 1.08. The predicted molar refractivity (Wildman–Crippen MR) is 52.9 cm³/mol. The second-order valence-electron chi connectivity index (χ2n) is 2.93. The minimum Gasteiger partial charge on any atom is -0.404 e. The predicted octanol–water partition coefficient (Wildman–Crippen LogP) is 2.88. The van der Waals surface area contributed by atoms with Crippen molar-refractivity contribution in [1.82, 2.24) is 0 Å². The Hall–Kier alpha value is -1.74. The third-order valence-corrected chi connectivity index (χ3v) is 2.01. The van der Waals surface area contributed by atoms with Crippen molar-refractivity contribution in [2.75, 3.05) is 5.88 Å². The van der Waals surface area contributed by atoms with Crippen LogP contribution in [0.25, 0.3) is 0 Å². The molecule has 0 amide bonds. The highest BCUT2D eigenvalue weighted by atomic mass is 35.5. The standard InChI is InChI=1S/C10H5ClF3NO2/c11-4-8(16)6-1-2-9(7(3-6)5-15)17-10(12,13)14/h1-3H,4H2. The van der Waals surface area contributed by atoms with E-state index in [1.54, 1.807) is 0 Å². The molecule has 3 nitrogen and oxygen atoms in total. The lowest BCUT2D eigenvalue weighted by Crippen LogP contribution is -2.18. The lowest BCUT2D eigenvalue weighted by molar-refractivity contribution is -0.274. The van der Waals surface area contributed by atoms with Gasteiger partial charge >= 0.3 is 6.36 Å². The Labute approximate surface area is 99.4 Å². The van der Waals surface area contributed by atoms with E-state index < -0.39 is 17.9 Å². The zero-order chi connectivity index (χ0) is 13.1. The summed E-state index contributed by atoms with van der Waals surface area (Å²) in [7, 11) is 0. The van der Waals surface area contributed by atoms with Crippen LogP contribution in [0, 0.1) is 11.3 Å². The fourth-order valence-corrected chi connectivity index (χ4v) is 1.24. The number of Topliss-reactive ketones (excluding diaryl/α,β-unsaturated/α-hetero) is 1. The first-order valence-electron chi connectivity index (χ1n) is 4.26. The highest BCUT2D eigenvalue weighted by Crippen LogP contribution is 2.26. The second-order valence-corrected chi connectivity index (χ2v) is 3.19. The van der Waals surface area contributed by atoms with Crippen LogP contribution in [0.5, 0.6) is 5.75 Å². The number of hydrogen-bond acceptors (Lipinski definition) is 3. The molecule has 0 saturated heterocycles. The number of ether oxygens (including phenoxy) is 1. The zero-order valence-corrected chi connectivity index (χ0v) is 8.97. The molecule has 0 aliphatic heterocycles. The summed E-state index contributed by atoms with van der Waals surface area (Å²) in [5.74, 6) is -1.45. The van der Waals surface area contributed by atoms with Crippen molar-refractivity contribution in [2.45, 2.75) is 6.36 Å². The Kier molecular flexibility index (Phi) is 3.97. The topological polar surface area (TPSA) is 50.1 Å². The molecule has 0 radical (unpaired) electrons. The molecule has 7 heteroatoms. The number of nitrogens with zero attached hydrogens (tertiary/aromatic N) is 1. The Morgan fingerprint density at radius 3 is 2.59 bits per heavy atom. The first kappa shape index (κ1) is 13.3. The number of nitriles is 1. The molecule has 1 aromatic carbocycles. The summed E-state index contributed by atoms with van der Waals surface area (Å²) in [6.45, 7) is 0. The van der Waals surface area contributed by atoms with Crippen LogP contribution in [0.4, 0.5) is 13.2 Å². The number of hydrogen-bond donors (Lipinski definition) is 0. The van der Waals surface area contributed by atoms with Crippen molar-refractivity contribution in [2.24, 2.45) is 0 Å². The van der Waals surface area contributed by atoms with Crippen LogP contribution in [0.2, 0.25) is 0 Å². The minimum atomic E-state index is -4.89. The molecule has 0 heterocycles. The number of carbonyl (C=O) groups is 1. The number of carbonyl (C=O) groups excluding carboxylic acids is 1. The molecule has 90 valence electrons. The molecule has 0 atom stereocenters. The SMILES string of the molecule is N#Cc1cc(C(=O)CCl)ccc1OC(F)(F)F. The molecular formula is C10H5ClF3NO2. The number of rotatable bonds is 3. The van der Waals surface area contributed by atoms with Crippen LogP contribution in [-0.2, 0) is 0 Å². The van der Waals surface area contributed by atoms with E-state index in [-0.39, 0.29) is 17.0 Å². The van der Waals surface area contributed by atoms with E-state index >= 15 is 0 Å². The fraction of sp³-hybridized carbons (Fsp3) is 0.200. The number of halogens is 4. The van der Waals surface area contributed by atoms with Crippen LogP contribution in [0.3, 0.4) is 0 Å². The van der Waals surface area contributed by atoms with E-state index in [0.29, 0.717) is 0 Å². The highest BCUT2D eigenvalue weighted by Gasteiger charge is 2.32. The van der Waals surface area contributed by atoms with Gasteiger partial charge in [0.1, 0.15) is 11.8 Å². The van der Waals surface area contributed by atoms with Gasteiger partial charge in [-0.3, -0.25) is 4.79 Å². The van der Waals surface area contributed by atoms with E-state index in [4.69, 9.17) is 16.9 Å². The Morgan fingerprint density at radius 1 is 1.47 bits per heavy atom. The summed E-state index contributed by atoms with van der Waals surface area (Å²) in [4.78, 5) is 11.2. The maximum Gasteiger partial charge on any atom is 0.573 e. The van der Waals surface area contributed by atoms with Crippen LogP contribution in [-0.4, -0.2) is 18.0 Å². The summed E-state index contributed by atoms with van der Waals surface area (Å²) in [6, 6.07) is 4.55. The molecule has 1 aromatic rings. The van der Waals surface area contributed by atoms with Crippen LogP contribution >= 0.6 is 11.6 Å². The number of ketones is 1. The van der Waals surface area contributed by atoms with Gasteiger partial charge in [0, 0.05) is 5.56 Å². The Bertz CT molecular complexity index is 479. The van der Waals surface area contributed by atoms with Gasteiger partial charge < -0.3 is 4.74 Å². The quantitative estimate of drug-likeness (QED) is 0.622. The van der Waals surface area contributed by atoms with Gasteiger partial charge in [0.05, 0.1) is 11.4 Å². The molecule has 0 saturated carbocycles. The van der Waals surface area contributed by atoms with Crippen molar-refractivity contribution >= 4 is 17.4 Å². The Morgan fingerprint density at radius 2 is 2.12 bits per heavy atom. The maximum absolute atomic E-state index is 12.0. The molecule has 0 unspecified atom stereocenters. The summed E-state index contributed by atoms with van der Waals surface area (Å²) in [5.41, 5.74) is -0.315. The maximum atomic E-state index is 12.0. The lowest BCUT2D eigenvalue weighted by Gasteiger charge is -2.10. The van der Waals surface area contributed by atoms with E-state index in [9.17, 15) is 18.0 Å². The van der Waals surface area contributed by atoms with Gasteiger partial charge in [-0.25, -0.2) is 0 Å². The van der Waals surface area contributed by atoms with E-state index in [1.165, 1.54) is 6.07 Å². The smallest absolute Gasteiger partial charge is 0.404 e. The molecule has 17 heavy (non-hydrogen) atoms. The average molecular weight is 264 g/mol. The van der Waals surface area contributed by atoms with Gasteiger partial charge in [0.2, 0.25) is 0 Å². The van der Waals surface area contributed by atoms with Gasteiger partial charge in [-0.05, 0) is 18.2 Å². The molecule has 0 N–H and O–H groups in total. The molecule has 0 bridgehead atoms. The highest BCUT2D eigenvalue weighted by molar-refractivity contribution is 6.30. The van der Waals surface area contributed by atoms with Gasteiger partial charge in [0.15, 0.2) is 5.78 Å². The van der Waals surface area contributed by atoms with E-state index in [0.717, 1.165) is 18.2 Å². The van der Waals surface area contributed by atoms with Gasteiger partial charge in [-0.15, -0.1) is 24.8 Å². The van der Waals surface area contributed by atoms with Crippen molar-refractivity contribution in [3.8, 4) is 11.8 Å². The summed E-state index contributed by atoms with van der Waals surface area (Å²) < 4.78 is 39.5. The first-order chi connectivity index (χ1) is 7.87. The molecule has 0 aliphatic rings. The third kappa shape index (κ3) is 3.64. The largest absolute Gasteiger partial charge is 0.573 e. The summed E-state index contributed by atoms with van der Waals surface area (Å²) in [5, 5.41) is 8.65. The van der Waals surface area contributed by atoms with Gasteiger partial charge in [-0.2, -0.15) is 5.26 Å². The number of benzene rings is 1. The Balaban J connectivity index is 3.11. The minimum absolute atomic E-state index is 0.0612. The van der Waals surface area contributed by atoms with Crippen molar-refractivity contribution in [1.29, 1.82) is 5.26 Å². The molecule has 1 rings (SSSR count). The molecule has 0 aromatic heterocycles. The average Bonchev–Trinajstić information content (AvgIpc) is 2.26. The monoisotopic (exact) mass is 263 g/mol. The molecule has 0 aliphatic carbocycles. The number of alkyl halides is 4. The van der Waals surface area contributed by atoms with E-state index in [2.05, 4.69) is 4.74 Å². The second kappa shape index (κ2) is 5.06. The molecular weight excluding hydrogens is 259 g/mol. The van der Waals surface area contributed by atoms with E-state index in [1.807, 2.05) is 0 Å². The van der Waals surface area contributed by atoms with Crippen molar-refractivity contribution in [3.63, 3.8) is 0 Å². The van der Waals surface area contributed by atoms with Gasteiger partial charge in [-0.1, -0.05) is 0 Å². The molecule has 0 spiro atoms. The van der Waals surface area contributed by atoms with Crippen LogP contribution in [0.15, 0.2) is 18.2 Å².